The molecule has 6 heteroatoms. The smallest absolute Gasteiger partial charge is 0.311 e. The Morgan fingerprint density at radius 3 is 2.89 bits per heavy atom. The van der Waals surface area contributed by atoms with Crippen molar-refractivity contribution in [2.24, 2.45) is 0 Å². The van der Waals surface area contributed by atoms with Crippen LogP contribution < -0.4 is 4.74 Å². The van der Waals surface area contributed by atoms with Crippen molar-refractivity contribution >= 4 is 5.69 Å². The molecule has 0 aliphatic carbocycles. The minimum atomic E-state index is -0.505. The van der Waals surface area contributed by atoms with E-state index in [1.807, 2.05) is 6.07 Å². The van der Waals surface area contributed by atoms with Gasteiger partial charge in [-0.15, -0.1) is 0 Å². The zero-order valence-corrected chi connectivity index (χ0v) is 10.0. The van der Waals surface area contributed by atoms with E-state index in [1.165, 1.54) is 24.4 Å². The summed E-state index contributed by atoms with van der Waals surface area (Å²) in [5.41, 5.74) is 0.716. The Bertz CT molecular complexity index is 677. The van der Waals surface area contributed by atoms with E-state index in [0.29, 0.717) is 11.3 Å². The number of rotatable bonds is 3. The van der Waals surface area contributed by atoms with E-state index in [2.05, 4.69) is 4.98 Å². The van der Waals surface area contributed by atoms with Crippen LogP contribution in [0.15, 0.2) is 36.5 Å². The third-order valence-electron chi connectivity index (χ3n) is 2.45. The van der Waals surface area contributed by atoms with Crippen molar-refractivity contribution in [1.82, 2.24) is 4.98 Å². The van der Waals surface area contributed by atoms with Gasteiger partial charge < -0.3 is 4.74 Å². The van der Waals surface area contributed by atoms with Crippen molar-refractivity contribution in [3.8, 4) is 17.6 Å². The summed E-state index contributed by atoms with van der Waals surface area (Å²) in [5.74, 6) is 0.506. The second-order valence-corrected chi connectivity index (χ2v) is 3.77. The first-order valence-corrected chi connectivity index (χ1v) is 5.40. The average Bonchev–Trinajstić information content (AvgIpc) is 2.41. The molecular formula is C13H9N3O3. The highest BCUT2D eigenvalue weighted by Crippen LogP contribution is 2.34. The van der Waals surface area contributed by atoms with Crippen LogP contribution >= 0.6 is 0 Å². The fourth-order valence-electron chi connectivity index (χ4n) is 1.57. The quantitative estimate of drug-likeness (QED) is 0.621. The Morgan fingerprint density at radius 2 is 2.21 bits per heavy atom. The second kappa shape index (κ2) is 5.14. The van der Waals surface area contributed by atoms with E-state index < -0.39 is 4.92 Å². The highest BCUT2D eigenvalue weighted by Gasteiger charge is 2.17. The van der Waals surface area contributed by atoms with Gasteiger partial charge in [-0.25, -0.2) is 4.98 Å². The summed E-state index contributed by atoms with van der Waals surface area (Å²) in [5, 5.41) is 19.7. The fourth-order valence-corrected chi connectivity index (χ4v) is 1.57. The normalized spacial score (nSPS) is 9.68. The second-order valence-electron chi connectivity index (χ2n) is 3.77. The number of para-hydroxylation sites is 1. The number of pyridine rings is 1. The lowest BCUT2D eigenvalue weighted by molar-refractivity contribution is -0.385. The van der Waals surface area contributed by atoms with Crippen LogP contribution in [0.4, 0.5) is 5.69 Å². The van der Waals surface area contributed by atoms with Crippen LogP contribution in [0.5, 0.6) is 11.5 Å². The molecule has 1 aromatic carbocycles. The average molecular weight is 255 g/mol. The maximum absolute atomic E-state index is 10.9. The van der Waals surface area contributed by atoms with Crippen molar-refractivity contribution < 1.29 is 9.66 Å². The number of hydrogen-bond donors (Lipinski definition) is 0. The number of nitrogens with zero attached hydrogens (tertiary/aromatic N) is 3. The van der Waals surface area contributed by atoms with Crippen LogP contribution in [0.3, 0.4) is 0 Å². The first-order chi connectivity index (χ1) is 9.11. The Morgan fingerprint density at radius 1 is 1.42 bits per heavy atom. The Labute approximate surface area is 109 Å². The number of nitro groups is 1. The molecule has 0 aliphatic rings. The summed E-state index contributed by atoms with van der Waals surface area (Å²) in [7, 11) is 0. The lowest BCUT2D eigenvalue weighted by Crippen LogP contribution is -1.96. The van der Waals surface area contributed by atoms with Crippen molar-refractivity contribution in [3.05, 3.63) is 57.9 Å². The van der Waals surface area contributed by atoms with Gasteiger partial charge in [0.15, 0.2) is 0 Å². The molecule has 0 radical (unpaired) electrons. The molecule has 1 aromatic heterocycles. The monoisotopic (exact) mass is 255 g/mol. The lowest BCUT2D eigenvalue weighted by atomic mass is 10.2. The van der Waals surface area contributed by atoms with Crippen molar-refractivity contribution in [3.63, 3.8) is 0 Å². The standard InChI is InChI=1S/C13H9N3O3/c1-9-3-2-4-12(16(17)18)13(9)19-11-5-6-15-10(7-11)8-14/h2-7H,1H3. The predicted molar refractivity (Wildman–Crippen MR) is 66.9 cm³/mol. The minimum absolute atomic E-state index is 0.115. The minimum Gasteiger partial charge on any atom is -0.450 e. The first kappa shape index (κ1) is 12.5. The van der Waals surface area contributed by atoms with Gasteiger partial charge in [-0.2, -0.15) is 5.26 Å². The van der Waals surface area contributed by atoms with Gasteiger partial charge in [-0.05, 0) is 18.6 Å². The van der Waals surface area contributed by atoms with E-state index in [9.17, 15) is 10.1 Å². The molecule has 1 heterocycles. The molecular weight excluding hydrogens is 246 g/mol. The molecule has 0 spiro atoms. The summed E-state index contributed by atoms with van der Waals surface area (Å²) < 4.78 is 5.51. The largest absolute Gasteiger partial charge is 0.450 e. The van der Waals surface area contributed by atoms with E-state index >= 15 is 0 Å². The molecule has 6 nitrogen and oxygen atoms in total. The van der Waals surface area contributed by atoms with Gasteiger partial charge in [-0.3, -0.25) is 10.1 Å². The number of aromatic nitrogens is 1. The highest BCUT2D eigenvalue weighted by atomic mass is 16.6. The van der Waals surface area contributed by atoms with Crippen molar-refractivity contribution in [1.29, 1.82) is 5.26 Å². The van der Waals surface area contributed by atoms with Crippen LogP contribution in [0, 0.1) is 28.4 Å². The number of ether oxygens (including phenoxy) is 1. The zero-order chi connectivity index (χ0) is 13.8. The first-order valence-electron chi connectivity index (χ1n) is 5.40. The molecule has 0 saturated carbocycles. The molecule has 0 amide bonds. The third-order valence-corrected chi connectivity index (χ3v) is 2.45. The summed E-state index contributed by atoms with van der Waals surface area (Å²) >= 11 is 0. The van der Waals surface area contributed by atoms with Crippen molar-refractivity contribution in [2.75, 3.05) is 0 Å². The number of aryl methyl sites for hydroxylation is 1. The van der Waals surface area contributed by atoms with E-state index in [0.717, 1.165) is 0 Å². The summed E-state index contributed by atoms with van der Waals surface area (Å²) in [6.07, 6.45) is 1.41. The summed E-state index contributed by atoms with van der Waals surface area (Å²) in [6, 6.07) is 9.52. The molecule has 0 saturated heterocycles. The highest BCUT2D eigenvalue weighted by molar-refractivity contribution is 5.53. The number of benzene rings is 1. The van der Waals surface area contributed by atoms with Crippen LogP contribution in [0.2, 0.25) is 0 Å². The molecule has 94 valence electrons. The molecule has 2 rings (SSSR count). The molecule has 0 N–H and O–H groups in total. The number of nitriles is 1. The van der Waals surface area contributed by atoms with Gasteiger partial charge in [0.25, 0.3) is 0 Å². The van der Waals surface area contributed by atoms with Crippen LogP contribution in [0.25, 0.3) is 0 Å². The Kier molecular flexibility index (Phi) is 3.39. The van der Waals surface area contributed by atoms with Crippen LogP contribution in [-0.2, 0) is 0 Å². The van der Waals surface area contributed by atoms with Gasteiger partial charge in [0, 0.05) is 18.3 Å². The molecule has 0 aliphatic heterocycles. The van der Waals surface area contributed by atoms with Gasteiger partial charge in [0.05, 0.1) is 4.92 Å². The maximum atomic E-state index is 10.9. The molecule has 19 heavy (non-hydrogen) atoms. The Balaban J connectivity index is 2.43. The SMILES string of the molecule is Cc1cccc([N+](=O)[O-])c1Oc1ccnc(C#N)c1. The molecule has 0 atom stereocenters. The molecule has 0 bridgehead atoms. The zero-order valence-electron chi connectivity index (χ0n) is 10.0. The van der Waals surface area contributed by atoms with E-state index in [4.69, 9.17) is 10.00 Å². The third kappa shape index (κ3) is 2.66. The molecule has 0 unspecified atom stereocenters. The number of nitro benzene ring substituents is 1. The Hall–Kier alpha value is -2.94. The van der Waals surface area contributed by atoms with E-state index in [-0.39, 0.29) is 17.1 Å². The molecule has 2 aromatic rings. The van der Waals surface area contributed by atoms with Gasteiger partial charge in [0.1, 0.15) is 17.5 Å². The fraction of sp³-hybridized carbons (Fsp3) is 0.0769. The van der Waals surface area contributed by atoms with E-state index in [1.54, 1.807) is 19.1 Å². The van der Waals surface area contributed by atoms with Crippen molar-refractivity contribution in [2.45, 2.75) is 6.92 Å². The molecule has 0 fully saturated rings. The van der Waals surface area contributed by atoms with Crippen LogP contribution in [-0.4, -0.2) is 9.91 Å². The number of hydrogen-bond acceptors (Lipinski definition) is 5. The lowest BCUT2D eigenvalue weighted by Gasteiger charge is -2.08. The van der Waals surface area contributed by atoms with Gasteiger partial charge in [0.2, 0.25) is 5.75 Å². The van der Waals surface area contributed by atoms with Gasteiger partial charge in [-0.1, -0.05) is 12.1 Å². The predicted octanol–water partition coefficient (Wildman–Crippen LogP) is 2.96. The summed E-state index contributed by atoms with van der Waals surface area (Å²) in [4.78, 5) is 14.2. The van der Waals surface area contributed by atoms with Crippen LogP contribution in [0.1, 0.15) is 11.3 Å². The topological polar surface area (TPSA) is 89.1 Å². The van der Waals surface area contributed by atoms with Gasteiger partial charge >= 0.3 is 5.69 Å². The maximum Gasteiger partial charge on any atom is 0.311 e. The summed E-state index contributed by atoms with van der Waals surface area (Å²) in [6.45, 7) is 1.72.